The smallest absolute Gasteiger partial charge is 0.265 e. The summed E-state index contributed by atoms with van der Waals surface area (Å²) in [5.74, 6) is 1.47. The van der Waals surface area contributed by atoms with Crippen LogP contribution in [-0.4, -0.2) is 30.7 Å². The van der Waals surface area contributed by atoms with Crippen LogP contribution in [0.4, 0.5) is 14.5 Å². The summed E-state index contributed by atoms with van der Waals surface area (Å²) in [5, 5.41) is 0. The SMILES string of the molecule is O=C1N(Cc2ncccc2C(F)F)c2ccccc2[C@@]12COc1cc3c(cc12)OCCO3. The lowest BCUT2D eigenvalue weighted by molar-refractivity contribution is -0.122. The topological polar surface area (TPSA) is 60.9 Å². The van der Waals surface area contributed by atoms with Gasteiger partial charge in [-0.2, -0.15) is 0 Å². The first-order chi connectivity index (χ1) is 15.6. The number of anilines is 1. The number of amides is 1. The molecule has 0 aliphatic carbocycles. The van der Waals surface area contributed by atoms with Gasteiger partial charge in [-0.3, -0.25) is 9.78 Å². The molecule has 1 amide bonds. The second-order valence-electron chi connectivity index (χ2n) is 7.93. The molecule has 0 N–H and O–H groups in total. The van der Waals surface area contributed by atoms with Crippen molar-refractivity contribution in [2.45, 2.75) is 18.4 Å². The summed E-state index contributed by atoms with van der Waals surface area (Å²) in [6.45, 7) is 0.925. The first-order valence-corrected chi connectivity index (χ1v) is 10.3. The van der Waals surface area contributed by atoms with Crippen LogP contribution in [0, 0.1) is 0 Å². The van der Waals surface area contributed by atoms with Crippen LogP contribution in [-0.2, 0) is 16.8 Å². The van der Waals surface area contributed by atoms with Crippen LogP contribution in [0.1, 0.15) is 28.8 Å². The first kappa shape index (κ1) is 19.0. The monoisotopic (exact) mass is 436 g/mol. The summed E-state index contributed by atoms with van der Waals surface area (Å²) in [7, 11) is 0. The molecule has 0 saturated carbocycles. The van der Waals surface area contributed by atoms with Crippen LogP contribution in [0.5, 0.6) is 17.2 Å². The van der Waals surface area contributed by atoms with Gasteiger partial charge in [-0.1, -0.05) is 18.2 Å². The molecule has 0 saturated heterocycles. The number of fused-ring (bicyclic) bond motifs is 5. The highest BCUT2D eigenvalue weighted by Crippen LogP contribution is 2.55. The van der Waals surface area contributed by atoms with Crippen LogP contribution >= 0.6 is 0 Å². The molecular formula is C24H18F2N2O4. The summed E-state index contributed by atoms with van der Waals surface area (Å²) in [6, 6.07) is 13.8. The average Bonchev–Trinajstić information content (AvgIpc) is 3.30. The zero-order valence-corrected chi connectivity index (χ0v) is 16.9. The summed E-state index contributed by atoms with van der Waals surface area (Å²) >= 11 is 0. The molecule has 0 bridgehead atoms. The number of para-hydroxylation sites is 1. The number of ether oxygens (including phenoxy) is 3. The zero-order chi connectivity index (χ0) is 21.9. The molecule has 6 nitrogen and oxygen atoms in total. The van der Waals surface area contributed by atoms with Crippen LogP contribution in [0.15, 0.2) is 54.7 Å². The molecule has 0 unspecified atom stereocenters. The van der Waals surface area contributed by atoms with Gasteiger partial charge in [-0.05, 0) is 29.8 Å². The van der Waals surface area contributed by atoms with Crippen molar-refractivity contribution in [2.75, 3.05) is 24.7 Å². The lowest BCUT2D eigenvalue weighted by Gasteiger charge is -2.25. The van der Waals surface area contributed by atoms with Gasteiger partial charge in [0, 0.05) is 29.1 Å². The fourth-order valence-corrected chi connectivity index (χ4v) is 4.80. The van der Waals surface area contributed by atoms with Crippen LogP contribution in [0.2, 0.25) is 0 Å². The Hall–Kier alpha value is -3.68. The van der Waals surface area contributed by atoms with Crippen molar-refractivity contribution in [1.29, 1.82) is 0 Å². The fraction of sp³-hybridized carbons (Fsp3) is 0.250. The van der Waals surface area contributed by atoms with Crippen molar-refractivity contribution >= 4 is 11.6 Å². The highest BCUT2D eigenvalue weighted by atomic mass is 19.3. The van der Waals surface area contributed by atoms with Gasteiger partial charge in [0.15, 0.2) is 11.5 Å². The molecule has 162 valence electrons. The number of hydrogen-bond acceptors (Lipinski definition) is 5. The molecular weight excluding hydrogens is 418 g/mol. The van der Waals surface area contributed by atoms with Gasteiger partial charge in [-0.25, -0.2) is 8.78 Å². The molecule has 0 radical (unpaired) electrons. The van der Waals surface area contributed by atoms with Crippen LogP contribution < -0.4 is 19.1 Å². The number of carbonyl (C=O) groups is 1. The Morgan fingerprint density at radius 3 is 2.56 bits per heavy atom. The van der Waals surface area contributed by atoms with Crippen molar-refractivity contribution in [3.63, 3.8) is 0 Å². The normalized spacial score (nSPS) is 20.5. The summed E-state index contributed by atoms with van der Waals surface area (Å²) < 4.78 is 44.5. The number of halogens is 2. The van der Waals surface area contributed by atoms with Gasteiger partial charge in [0.25, 0.3) is 6.43 Å². The number of benzene rings is 2. The van der Waals surface area contributed by atoms with E-state index in [4.69, 9.17) is 14.2 Å². The van der Waals surface area contributed by atoms with E-state index in [1.807, 2.05) is 24.3 Å². The van der Waals surface area contributed by atoms with Crippen molar-refractivity contribution in [1.82, 2.24) is 4.98 Å². The third kappa shape index (κ3) is 2.55. The largest absolute Gasteiger partial charge is 0.491 e. The van der Waals surface area contributed by atoms with Crippen LogP contribution in [0.25, 0.3) is 0 Å². The van der Waals surface area contributed by atoms with E-state index in [2.05, 4.69) is 4.98 Å². The van der Waals surface area contributed by atoms with Crippen molar-refractivity contribution in [3.8, 4) is 17.2 Å². The van der Waals surface area contributed by atoms with Gasteiger partial charge < -0.3 is 19.1 Å². The van der Waals surface area contributed by atoms with E-state index in [1.54, 1.807) is 12.1 Å². The van der Waals surface area contributed by atoms with E-state index in [1.165, 1.54) is 23.2 Å². The number of pyridine rings is 1. The number of hydrogen-bond donors (Lipinski definition) is 0. The molecule has 2 aromatic carbocycles. The van der Waals surface area contributed by atoms with Crippen molar-refractivity contribution in [3.05, 3.63) is 77.1 Å². The lowest BCUT2D eigenvalue weighted by atomic mass is 9.77. The fourth-order valence-electron chi connectivity index (χ4n) is 4.80. The minimum absolute atomic E-state index is 0.0575. The number of alkyl halides is 2. The highest BCUT2D eigenvalue weighted by Gasteiger charge is 2.57. The first-order valence-electron chi connectivity index (χ1n) is 10.3. The van der Waals surface area contributed by atoms with E-state index < -0.39 is 11.8 Å². The molecule has 3 aliphatic heterocycles. The molecule has 4 heterocycles. The molecule has 32 heavy (non-hydrogen) atoms. The van der Waals surface area contributed by atoms with Gasteiger partial charge in [-0.15, -0.1) is 0 Å². The Morgan fingerprint density at radius 1 is 0.969 bits per heavy atom. The maximum Gasteiger partial charge on any atom is 0.265 e. The molecule has 8 heteroatoms. The van der Waals surface area contributed by atoms with Gasteiger partial charge in [0.2, 0.25) is 5.91 Å². The second-order valence-corrected chi connectivity index (χ2v) is 7.93. The van der Waals surface area contributed by atoms with Gasteiger partial charge >= 0.3 is 0 Å². The second kappa shape index (κ2) is 6.91. The summed E-state index contributed by atoms with van der Waals surface area (Å²) in [5.41, 5.74) is 1.04. The van der Waals surface area contributed by atoms with E-state index in [0.29, 0.717) is 41.7 Å². The predicted octanol–water partition coefficient (Wildman–Crippen LogP) is 4.02. The maximum atomic E-state index is 14.0. The number of nitrogens with zero attached hydrogens (tertiary/aromatic N) is 2. The van der Waals surface area contributed by atoms with Gasteiger partial charge in [0.1, 0.15) is 31.0 Å². The Balaban J connectivity index is 1.48. The lowest BCUT2D eigenvalue weighted by Crippen LogP contribution is -2.42. The molecule has 3 aromatic rings. The van der Waals surface area contributed by atoms with Gasteiger partial charge in [0.05, 0.1) is 12.2 Å². The Kier molecular flexibility index (Phi) is 4.11. The van der Waals surface area contributed by atoms with E-state index in [-0.39, 0.29) is 30.3 Å². The van der Waals surface area contributed by atoms with Crippen molar-refractivity contribution < 1.29 is 27.8 Å². The highest BCUT2D eigenvalue weighted by molar-refractivity contribution is 6.11. The quantitative estimate of drug-likeness (QED) is 0.621. The standard InChI is InChI=1S/C24H18F2N2O4/c25-22(26)14-4-3-7-27-17(14)12-28-18-6-2-1-5-15(18)24(23(28)29)13-32-19-11-21-20(10-16(19)24)30-8-9-31-21/h1-7,10-11,22H,8-9,12-13H2/t24-/m1/s1. The Morgan fingerprint density at radius 2 is 1.75 bits per heavy atom. The molecule has 1 aromatic heterocycles. The van der Waals surface area contributed by atoms with Crippen LogP contribution in [0.3, 0.4) is 0 Å². The number of rotatable bonds is 3. The Labute approximate surface area is 182 Å². The molecule has 6 rings (SSSR count). The third-order valence-electron chi connectivity index (χ3n) is 6.28. The van der Waals surface area contributed by atoms with Crippen molar-refractivity contribution in [2.24, 2.45) is 0 Å². The van der Waals surface area contributed by atoms with E-state index in [9.17, 15) is 13.6 Å². The number of aromatic nitrogens is 1. The van der Waals surface area contributed by atoms with E-state index in [0.717, 1.165) is 5.56 Å². The molecule has 1 spiro atoms. The minimum Gasteiger partial charge on any atom is -0.491 e. The minimum atomic E-state index is -2.68. The molecule has 1 atom stereocenters. The van der Waals surface area contributed by atoms with E-state index >= 15 is 0 Å². The predicted molar refractivity (Wildman–Crippen MR) is 111 cm³/mol. The third-order valence-corrected chi connectivity index (χ3v) is 6.28. The molecule has 3 aliphatic rings. The molecule has 0 fully saturated rings. The maximum absolute atomic E-state index is 14.0. The summed E-state index contributed by atoms with van der Waals surface area (Å²) in [4.78, 5) is 19.6. The zero-order valence-electron chi connectivity index (χ0n) is 16.9. The average molecular weight is 436 g/mol. The Bertz CT molecular complexity index is 1250. The summed E-state index contributed by atoms with van der Waals surface area (Å²) in [6.07, 6.45) is -1.22. The number of carbonyl (C=O) groups excluding carboxylic acids is 1.